The lowest BCUT2D eigenvalue weighted by molar-refractivity contribution is 0.252. The summed E-state index contributed by atoms with van der Waals surface area (Å²) in [7, 11) is 0. The first-order chi connectivity index (χ1) is 11.1. The van der Waals surface area contributed by atoms with Crippen molar-refractivity contribution in [2.75, 3.05) is 23.9 Å². The second-order valence-electron chi connectivity index (χ2n) is 5.51. The third kappa shape index (κ3) is 5.63. The Hall–Kier alpha value is -1.95. The number of aryl methyl sites for hydroxylation is 2. The van der Waals surface area contributed by atoms with Crippen LogP contribution >= 0.6 is 11.8 Å². The van der Waals surface area contributed by atoms with Crippen molar-refractivity contribution in [1.82, 2.24) is 15.1 Å². The maximum atomic E-state index is 11.9. The quantitative estimate of drug-likeness (QED) is 0.764. The van der Waals surface area contributed by atoms with E-state index >= 15 is 0 Å². The summed E-state index contributed by atoms with van der Waals surface area (Å²) in [6.07, 6.45) is 3.04. The minimum atomic E-state index is -0.158. The summed E-state index contributed by atoms with van der Waals surface area (Å²) in [6, 6.07) is 9.77. The number of thioether (sulfide) groups is 1. The van der Waals surface area contributed by atoms with Crippen LogP contribution in [-0.4, -0.2) is 34.4 Å². The Labute approximate surface area is 141 Å². The van der Waals surface area contributed by atoms with E-state index in [1.807, 2.05) is 42.8 Å². The van der Waals surface area contributed by atoms with Gasteiger partial charge in [0.15, 0.2) is 0 Å². The molecule has 2 amide bonds. The zero-order valence-corrected chi connectivity index (χ0v) is 14.7. The van der Waals surface area contributed by atoms with Crippen LogP contribution in [0.2, 0.25) is 0 Å². The normalized spacial score (nSPS) is 10.6. The molecular formula is C17H24N4OS. The molecule has 0 atom stereocenters. The van der Waals surface area contributed by atoms with Gasteiger partial charge in [0.2, 0.25) is 0 Å². The number of carbonyl (C=O) groups excluding carboxylic acids is 1. The minimum Gasteiger partial charge on any atom is -0.338 e. The van der Waals surface area contributed by atoms with E-state index < -0.39 is 0 Å². The number of urea groups is 1. The van der Waals surface area contributed by atoms with Gasteiger partial charge >= 0.3 is 6.03 Å². The molecule has 0 fully saturated rings. The van der Waals surface area contributed by atoms with Crippen molar-refractivity contribution in [3.63, 3.8) is 0 Å². The number of anilines is 1. The van der Waals surface area contributed by atoms with Crippen LogP contribution in [0.25, 0.3) is 0 Å². The highest BCUT2D eigenvalue weighted by Gasteiger charge is 2.05. The second kappa shape index (κ2) is 8.62. The molecule has 0 saturated heterocycles. The maximum absolute atomic E-state index is 11.9. The Morgan fingerprint density at radius 2 is 2.13 bits per heavy atom. The maximum Gasteiger partial charge on any atom is 0.319 e. The molecule has 0 radical (unpaired) electrons. The summed E-state index contributed by atoms with van der Waals surface area (Å²) in [4.78, 5) is 11.9. The SMILES string of the molecule is CSCCCNC(=O)Nc1cccc(Cn2nc(C)cc2C)c1. The summed E-state index contributed by atoms with van der Waals surface area (Å²) in [5, 5.41) is 10.2. The fraction of sp³-hybridized carbons (Fsp3) is 0.412. The molecule has 0 aliphatic rings. The minimum absolute atomic E-state index is 0.158. The molecule has 1 heterocycles. The van der Waals surface area contributed by atoms with E-state index in [9.17, 15) is 4.79 Å². The molecule has 0 unspecified atom stereocenters. The van der Waals surface area contributed by atoms with Crippen LogP contribution in [0.4, 0.5) is 10.5 Å². The lowest BCUT2D eigenvalue weighted by Gasteiger charge is -2.10. The van der Waals surface area contributed by atoms with Crippen LogP contribution in [0.15, 0.2) is 30.3 Å². The Morgan fingerprint density at radius 1 is 1.30 bits per heavy atom. The zero-order chi connectivity index (χ0) is 16.7. The van der Waals surface area contributed by atoms with Crippen molar-refractivity contribution < 1.29 is 4.79 Å². The van der Waals surface area contributed by atoms with Gasteiger partial charge in [0.1, 0.15) is 0 Å². The van der Waals surface area contributed by atoms with E-state index in [-0.39, 0.29) is 6.03 Å². The first-order valence-corrected chi connectivity index (χ1v) is 9.11. The van der Waals surface area contributed by atoms with Crippen molar-refractivity contribution >= 4 is 23.5 Å². The van der Waals surface area contributed by atoms with Crippen LogP contribution in [0, 0.1) is 13.8 Å². The highest BCUT2D eigenvalue weighted by atomic mass is 32.2. The Kier molecular flexibility index (Phi) is 6.52. The molecule has 0 spiro atoms. The predicted molar refractivity (Wildman–Crippen MR) is 97.3 cm³/mol. The van der Waals surface area contributed by atoms with Crippen molar-refractivity contribution in [2.45, 2.75) is 26.8 Å². The van der Waals surface area contributed by atoms with Gasteiger partial charge in [0.25, 0.3) is 0 Å². The molecule has 2 aromatic rings. The van der Waals surface area contributed by atoms with Gasteiger partial charge in [-0.1, -0.05) is 12.1 Å². The molecule has 0 bridgehead atoms. The highest BCUT2D eigenvalue weighted by Crippen LogP contribution is 2.13. The summed E-state index contributed by atoms with van der Waals surface area (Å²) < 4.78 is 1.97. The number of nitrogens with one attached hydrogen (secondary N) is 2. The first-order valence-electron chi connectivity index (χ1n) is 7.72. The van der Waals surface area contributed by atoms with E-state index in [1.165, 1.54) is 0 Å². The summed E-state index contributed by atoms with van der Waals surface area (Å²) in [5.74, 6) is 1.05. The number of nitrogens with zero attached hydrogens (tertiary/aromatic N) is 2. The van der Waals surface area contributed by atoms with Crippen molar-refractivity contribution in [3.05, 3.63) is 47.3 Å². The van der Waals surface area contributed by atoms with E-state index in [0.717, 1.165) is 34.8 Å². The predicted octanol–water partition coefficient (Wildman–Crippen LogP) is 3.42. The highest BCUT2D eigenvalue weighted by molar-refractivity contribution is 7.98. The van der Waals surface area contributed by atoms with Gasteiger partial charge in [-0.3, -0.25) is 4.68 Å². The van der Waals surface area contributed by atoms with Crippen LogP contribution < -0.4 is 10.6 Å². The fourth-order valence-electron chi connectivity index (χ4n) is 2.35. The monoisotopic (exact) mass is 332 g/mol. The topological polar surface area (TPSA) is 59.0 Å². The largest absolute Gasteiger partial charge is 0.338 e. The Bertz CT molecular complexity index is 654. The van der Waals surface area contributed by atoms with Gasteiger partial charge in [-0.05, 0) is 56.0 Å². The second-order valence-corrected chi connectivity index (χ2v) is 6.50. The van der Waals surface area contributed by atoms with Gasteiger partial charge in [0.05, 0.1) is 12.2 Å². The molecule has 1 aromatic carbocycles. The lowest BCUT2D eigenvalue weighted by Crippen LogP contribution is -2.29. The molecule has 0 aliphatic carbocycles. The number of hydrogen-bond acceptors (Lipinski definition) is 3. The van der Waals surface area contributed by atoms with E-state index in [0.29, 0.717) is 13.1 Å². The summed E-state index contributed by atoms with van der Waals surface area (Å²) in [5.41, 5.74) is 4.05. The van der Waals surface area contributed by atoms with Crippen LogP contribution in [0.3, 0.4) is 0 Å². The standard InChI is InChI=1S/C17H24N4OS/c1-13-10-14(2)21(20-13)12-15-6-4-7-16(11-15)19-17(22)18-8-5-9-23-3/h4,6-7,10-11H,5,8-9,12H2,1-3H3,(H2,18,19,22). The average molecular weight is 332 g/mol. The third-order valence-corrected chi connectivity index (χ3v) is 4.13. The van der Waals surface area contributed by atoms with Gasteiger partial charge in [-0.2, -0.15) is 16.9 Å². The van der Waals surface area contributed by atoms with E-state index in [2.05, 4.69) is 28.1 Å². The molecule has 6 heteroatoms. The third-order valence-electron chi connectivity index (χ3n) is 3.43. The molecule has 1 aromatic heterocycles. The van der Waals surface area contributed by atoms with Gasteiger partial charge in [-0.25, -0.2) is 4.79 Å². The summed E-state index contributed by atoms with van der Waals surface area (Å²) in [6.45, 7) is 5.43. The molecule has 23 heavy (non-hydrogen) atoms. The van der Waals surface area contributed by atoms with Crippen molar-refractivity contribution in [2.24, 2.45) is 0 Å². The van der Waals surface area contributed by atoms with Gasteiger partial charge in [0, 0.05) is 17.9 Å². The van der Waals surface area contributed by atoms with Gasteiger partial charge in [-0.15, -0.1) is 0 Å². The zero-order valence-electron chi connectivity index (χ0n) is 13.9. The molecule has 124 valence electrons. The molecular weight excluding hydrogens is 308 g/mol. The average Bonchev–Trinajstić information content (AvgIpc) is 2.82. The number of rotatable bonds is 7. The Balaban J connectivity index is 1.91. The van der Waals surface area contributed by atoms with E-state index in [1.54, 1.807) is 11.8 Å². The molecule has 0 saturated carbocycles. The molecule has 0 aliphatic heterocycles. The number of benzene rings is 1. The number of hydrogen-bond donors (Lipinski definition) is 2. The number of carbonyl (C=O) groups is 1. The van der Waals surface area contributed by atoms with Crippen LogP contribution in [0.5, 0.6) is 0 Å². The number of aromatic nitrogens is 2. The first kappa shape index (κ1) is 17.4. The lowest BCUT2D eigenvalue weighted by atomic mass is 10.2. The molecule has 2 N–H and O–H groups in total. The summed E-state index contributed by atoms with van der Waals surface area (Å²) >= 11 is 1.78. The van der Waals surface area contributed by atoms with Crippen LogP contribution in [-0.2, 0) is 6.54 Å². The fourth-order valence-corrected chi connectivity index (χ4v) is 2.78. The van der Waals surface area contributed by atoms with Crippen LogP contribution in [0.1, 0.15) is 23.4 Å². The smallest absolute Gasteiger partial charge is 0.319 e. The van der Waals surface area contributed by atoms with Crippen molar-refractivity contribution in [3.8, 4) is 0 Å². The number of amides is 2. The molecule has 2 rings (SSSR count). The van der Waals surface area contributed by atoms with Gasteiger partial charge < -0.3 is 10.6 Å². The van der Waals surface area contributed by atoms with E-state index in [4.69, 9.17) is 0 Å². The Morgan fingerprint density at radius 3 is 2.83 bits per heavy atom. The van der Waals surface area contributed by atoms with Crippen molar-refractivity contribution in [1.29, 1.82) is 0 Å². The molecule has 5 nitrogen and oxygen atoms in total.